The van der Waals surface area contributed by atoms with Crippen molar-refractivity contribution in [2.75, 3.05) is 6.61 Å². The van der Waals surface area contributed by atoms with Gasteiger partial charge in [0.05, 0.1) is 6.61 Å². The Hall–Kier alpha value is -1.00. The van der Waals surface area contributed by atoms with E-state index in [-0.39, 0.29) is 17.4 Å². The van der Waals surface area contributed by atoms with Crippen LogP contribution in [-0.4, -0.2) is 11.6 Å². The van der Waals surface area contributed by atoms with Crippen molar-refractivity contribution in [1.29, 1.82) is 0 Å². The van der Waals surface area contributed by atoms with Gasteiger partial charge in [0.25, 0.3) is 0 Å². The normalized spacial score (nSPS) is 10.6. The third-order valence-electron chi connectivity index (χ3n) is 2.99. The first kappa shape index (κ1) is 16.1. The molecule has 106 valence electrons. The smallest absolute Gasteiger partial charge is 0.138 e. The molecule has 0 radical (unpaired) electrons. The average molecular weight is 283 g/mol. The van der Waals surface area contributed by atoms with Gasteiger partial charge in [-0.25, -0.2) is 4.39 Å². The summed E-state index contributed by atoms with van der Waals surface area (Å²) in [6.45, 7) is 3.13. The van der Waals surface area contributed by atoms with E-state index < -0.39 is 0 Å². The van der Waals surface area contributed by atoms with E-state index in [1.807, 2.05) is 0 Å². The first-order valence-corrected chi connectivity index (χ1v) is 7.22. The summed E-state index contributed by atoms with van der Waals surface area (Å²) in [5.74, 6) is -0.360. The average Bonchev–Trinajstić information content (AvgIpc) is 2.39. The quantitative estimate of drug-likeness (QED) is 0.550. The number of halogens is 1. The van der Waals surface area contributed by atoms with Gasteiger partial charge in [-0.2, -0.15) is 0 Å². The Kier molecular flexibility index (Phi) is 7.60. The second kappa shape index (κ2) is 8.99. The van der Waals surface area contributed by atoms with E-state index >= 15 is 0 Å². The summed E-state index contributed by atoms with van der Waals surface area (Å²) >= 11 is 4.80. The molecule has 0 spiro atoms. The maximum Gasteiger partial charge on any atom is 0.138 e. The Balaban J connectivity index is 2.33. The van der Waals surface area contributed by atoms with Crippen LogP contribution >= 0.6 is 12.2 Å². The van der Waals surface area contributed by atoms with Gasteiger partial charge < -0.3 is 10.5 Å². The van der Waals surface area contributed by atoms with Gasteiger partial charge in [0, 0.05) is 17.7 Å². The monoisotopic (exact) mass is 283 g/mol. The molecule has 0 aliphatic carbocycles. The molecule has 1 rings (SSSR count). The second-order valence-electron chi connectivity index (χ2n) is 4.61. The third kappa shape index (κ3) is 5.66. The first-order chi connectivity index (χ1) is 9.16. The highest BCUT2D eigenvalue weighted by Crippen LogP contribution is 2.14. The predicted octanol–water partition coefficient (Wildman–Crippen LogP) is 3.95. The van der Waals surface area contributed by atoms with Gasteiger partial charge in [-0.15, -0.1) is 0 Å². The van der Waals surface area contributed by atoms with Crippen molar-refractivity contribution in [2.45, 2.75) is 45.6 Å². The number of rotatable bonds is 9. The van der Waals surface area contributed by atoms with Crippen LogP contribution in [0.15, 0.2) is 18.2 Å². The standard InChI is InChI=1S/C15H22FNOS/c1-2-3-4-5-6-10-18-11-12-8-7-9-13(14(12)16)15(17)19/h7-9H,2-6,10-11H2,1H3,(H2,17,19). The minimum Gasteiger partial charge on any atom is -0.389 e. The van der Waals surface area contributed by atoms with Gasteiger partial charge in [0.1, 0.15) is 10.8 Å². The van der Waals surface area contributed by atoms with Crippen LogP contribution in [0.2, 0.25) is 0 Å². The fourth-order valence-corrected chi connectivity index (χ4v) is 2.03. The molecule has 0 atom stereocenters. The van der Waals surface area contributed by atoms with Gasteiger partial charge in [-0.1, -0.05) is 57.0 Å². The summed E-state index contributed by atoms with van der Waals surface area (Å²) in [6.07, 6.45) is 5.94. The zero-order valence-corrected chi connectivity index (χ0v) is 12.3. The number of unbranched alkanes of at least 4 members (excludes halogenated alkanes) is 4. The zero-order chi connectivity index (χ0) is 14.1. The van der Waals surface area contributed by atoms with Crippen LogP contribution in [0, 0.1) is 5.82 Å². The Morgan fingerprint density at radius 1 is 1.26 bits per heavy atom. The molecule has 0 saturated carbocycles. The molecule has 19 heavy (non-hydrogen) atoms. The number of hydrogen-bond acceptors (Lipinski definition) is 2. The van der Waals surface area contributed by atoms with Gasteiger partial charge in [0.2, 0.25) is 0 Å². The minimum atomic E-state index is -0.360. The predicted molar refractivity (Wildman–Crippen MR) is 80.7 cm³/mol. The number of nitrogens with two attached hydrogens (primary N) is 1. The molecular weight excluding hydrogens is 261 g/mol. The van der Waals surface area contributed by atoms with Gasteiger partial charge in [-0.05, 0) is 12.5 Å². The number of ether oxygens (including phenoxy) is 1. The fourth-order valence-electron chi connectivity index (χ4n) is 1.87. The lowest BCUT2D eigenvalue weighted by Gasteiger charge is -2.08. The molecule has 1 aromatic rings. The molecular formula is C15H22FNOS. The van der Waals surface area contributed by atoms with Crippen LogP contribution in [0.3, 0.4) is 0 Å². The van der Waals surface area contributed by atoms with Crippen LogP contribution in [0.1, 0.15) is 50.2 Å². The van der Waals surface area contributed by atoms with E-state index in [1.165, 1.54) is 25.7 Å². The highest BCUT2D eigenvalue weighted by molar-refractivity contribution is 7.80. The van der Waals surface area contributed by atoms with Crippen molar-refractivity contribution in [3.63, 3.8) is 0 Å². The summed E-state index contributed by atoms with van der Waals surface area (Å²) in [7, 11) is 0. The van der Waals surface area contributed by atoms with Crippen molar-refractivity contribution in [2.24, 2.45) is 5.73 Å². The number of benzene rings is 1. The molecule has 4 heteroatoms. The molecule has 0 saturated heterocycles. The lowest BCUT2D eigenvalue weighted by atomic mass is 10.1. The largest absolute Gasteiger partial charge is 0.389 e. The van der Waals surface area contributed by atoms with Crippen LogP contribution in [-0.2, 0) is 11.3 Å². The summed E-state index contributed by atoms with van der Waals surface area (Å²) in [5.41, 5.74) is 6.26. The van der Waals surface area contributed by atoms with E-state index in [9.17, 15) is 4.39 Å². The van der Waals surface area contributed by atoms with Crippen molar-refractivity contribution in [3.05, 3.63) is 35.1 Å². The highest BCUT2D eigenvalue weighted by Gasteiger charge is 2.09. The molecule has 0 aromatic heterocycles. The molecule has 0 aliphatic rings. The Bertz CT molecular complexity index is 409. The number of hydrogen-bond donors (Lipinski definition) is 1. The molecule has 2 nitrogen and oxygen atoms in total. The summed E-state index contributed by atoms with van der Waals surface area (Å²) in [6, 6.07) is 5.04. The molecule has 0 unspecified atom stereocenters. The van der Waals surface area contributed by atoms with Gasteiger partial charge in [-0.3, -0.25) is 0 Å². The lowest BCUT2D eigenvalue weighted by molar-refractivity contribution is 0.114. The zero-order valence-electron chi connectivity index (χ0n) is 11.5. The minimum absolute atomic E-state index is 0.0823. The molecule has 0 fully saturated rings. The van der Waals surface area contributed by atoms with Gasteiger partial charge in [0.15, 0.2) is 0 Å². The fraction of sp³-hybridized carbons (Fsp3) is 0.533. The summed E-state index contributed by atoms with van der Waals surface area (Å²) in [4.78, 5) is 0.0823. The van der Waals surface area contributed by atoms with Crippen LogP contribution in [0.5, 0.6) is 0 Å². The van der Waals surface area contributed by atoms with E-state index in [4.69, 9.17) is 22.7 Å². The maximum atomic E-state index is 14.0. The SMILES string of the molecule is CCCCCCCOCc1cccc(C(N)=S)c1F. The third-order valence-corrected chi connectivity index (χ3v) is 3.21. The van der Waals surface area contributed by atoms with E-state index in [1.54, 1.807) is 18.2 Å². The van der Waals surface area contributed by atoms with E-state index in [0.29, 0.717) is 17.7 Å². The summed E-state index contributed by atoms with van der Waals surface area (Å²) in [5, 5.41) is 0. The second-order valence-corrected chi connectivity index (χ2v) is 5.05. The molecule has 0 amide bonds. The molecule has 2 N–H and O–H groups in total. The lowest BCUT2D eigenvalue weighted by Crippen LogP contribution is -2.13. The van der Waals surface area contributed by atoms with Crippen molar-refractivity contribution in [1.82, 2.24) is 0 Å². The Morgan fingerprint density at radius 3 is 2.68 bits per heavy atom. The Labute approximate surface area is 120 Å². The summed E-state index contributed by atoms with van der Waals surface area (Å²) < 4.78 is 19.4. The number of thiocarbonyl (C=S) groups is 1. The molecule has 0 bridgehead atoms. The molecule has 1 aromatic carbocycles. The molecule has 0 heterocycles. The van der Waals surface area contributed by atoms with Crippen molar-refractivity contribution < 1.29 is 9.13 Å². The topological polar surface area (TPSA) is 35.2 Å². The van der Waals surface area contributed by atoms with Crippen LogP contribution < -0.4 is 5.73 Å². The first-order valence-electron chi connectivity index (χ1n) is 6.81. The maximum absolute atomic E-state index is 14.0. The van der Waals surface area contributed by atoms with Gasteiger partial charge >= 0.3 is 0 Å². The van der Waals surface area contributed by atoms with Crippen molar-refractivity contribution in [3.8, 4) is 0 Å². The van der Waals surface area contributed by atoms with E-state index in [0.717, 1.165) is 6.42 Å². The van der Waals surface area contributed by atoms with Crippen LogP contribution in [0.4, 0.5) is 4.39 Å². The van der Waals surface area contributed by atoms with Crippen molar-refractivity contribution >= 4 is 17.2 Å². The van der Waals surface area contributed by atoms with E-state index in [2.05, 4.69) is 6.92 Å². The van der Waals surface area contributed by atoms with Crippen LogP contribution in [0.25, 0.3) is 0 Å². The Morgan fingerprint density at radius 2 is 2.00 bits per heavy atom. The molecule has 0 aliphatic heterocycles. The highest BCUT2D eigenvalue weighted by atomic mass is 32.1.